The molecule has 1 aliphatic rings. The molecule has 3 N–H and O–H groups in total. The number of Topliss-reactive ketones (excluding diaryl/α,β-unsaturated/α-hetero) is 1. The summed E-state index contributed by atoms with van der Waals surface area (Å²) >= 11 is 0. The normalized spacial score (nSPS) is 12.7. The number of rotatable bonds is 4. The number of carbonyl (C=O) groups is 1. The average Bonchev–Trinajstić information content (AvgIpc) is 3.53. The Bertz CT molecular complexity index is 1640. The smallest absolute Gasteiger partial charge is 0.194 e. The summed E-state index contributed by atoms with van der Waals surface area (Å²) in [6.45, 7) is 1.89. The zero-order chi connectivity index (χ0) is 23.4. The van der Waals surface area contributed by atoms with Gasteiger partial charge in [-0.05, 0) is 54.0 Å². The number of nitrogens with two attached hydrogens (primary N) is 1. The standard InChI is InChI=1S/C26H19FN6O/c1-14-31-23-5-4-19(11-24(23)32-14)33-26(28)21(12-30-33)25(34)18-8-15-2-3-16(9-17(15)10-18)20-6-7-29-13-22(20)27/h2-9,11-13H,10,28H2,1H3,(H,31,32). The molecule has 0 spiro atoms. The van der Waals surface area contributed by atoms with Crippen molar-refractivity contribution in [3.05, 3.63) is 95.0 Å². The monoisotopic (exact) mass is 450 g/mol. The van der Waals surface area contributed by atoms with Gasteiger partial charge in [-0.3, -0.25) is 9.78 Å². The van der Waals surface area contributed by atoms with Crippen LogP contribution < -0.4 is 5.73 Å². The van der Waals surface area contributed by atoms with Gasteiger partial charge in [-0.1, -0.05) is 18.2 Å². The van der Waals surface area contributed by atoms with Gasteiger partial charge in [0.25, 0.3) is 0 Å². The Morgan fingerprint density at radius 3 is 2.88 bits per heavy atom. The van der Waals surface area contributed by atoms with Crippen LogP contribution in [0.1, 0.15) is 27.3 Å². The number of hydrogen-bond acceptors (Lipinski definition) is 5. The van der Waals surface area contributed by atoms with Gasteiger partial charge in [-0.25, -0.2) is 14.1 Å². The minimum Gasteiger partial charge on any atom is -0.383 e. The van der Waals surface area contributed by atoms with E-state index in [-0.39, 0.29) is 17.4 Å². The largest absolute Gasteiger partial charge is 0.383 e. The SMILES string of the molecule is Cc1nc2ccc(-n3ncc(C(=O)C4=Cc5ccc(-c6ccncc6F)cc5C4)c3N)cc2[nH]1. The highest BCUT2D eigenvalue weighted by Crippen LogP contribution is 2.33. The van der Waals surface area contributed by atoms with E-state index in [1.165, 1.54) is 12.4 Å². The van der Waals surface area contributed by atoms with Crippen molar-refractivity contribution in [3.8, 4) is 16.8 Å². The van der Waals surface area contributed by atoms with Crippen LogP contribution in [0.25, 0.3) is 33.9 Å². The number of anilines is 1. The molecule has 0 unspecified atom stereocenters. The first kappa shape index (κ1) is 20.0. The number of pyridine rings is 1. The summed E-state index contributed by atoms with van der Waals surface area (Å²) in [7, 11) is 0. The summed E-state index contributed by atoms with van der Waals surface area (Å²) in [4.78, 5) is 24.7. The topological polar surface area (TPSA) is 102 Å². The van der Waals surface area contributed by atoms with Crippen molar-refractivity contribution in [2.45, 2.75) is 13.3 Å². The first-order valence-electron chi connectivity index (χ1n) is 10.8. The fourth-order valence-electron chi connectivity index (χ4n) is 4.43. The highest BCUT2D eigenvalue weighted by Gasteiger charge is 2.24. The molecule has 8 heteroatoms. The molecule has 34 heavy (non-hydrogen) atoms. The summed E-state index contributed by atoms with van der Waals surface area (Å²) in [5, 5.41) is 4.37. The highest BCUT2D eigenvalue weighted by molar-refractivity contribution is 6.15. The van der Waals surface area contributed by atoms with Crippen LogP contribution in [0.4, 0.5) is 10.2 Å². The van der Waals surface area contributed by atoms with E-state index in [1.807, 2.05) is 49.4 Å². The zero-order valence-corrected chi connectivity index (χ0v) is 18.2. The fraction of sp³-hybridized carbons (Fsp3) is 0.0769. The van der Waals surface area contributed by atoms with Crippen LogP contribution in [0.15, 0.2) is 66.6 Å². The number of imidazole rings is 1. The van der Waals surface area contributed by atoms with E-state index in [9.17, 15) is 9.18 Å². The molecule has 3 heterocycles. The molecule has 166 valence electrons. The summed E-state index contributed by atoms with van der Waals surface area (Å²) < 4.78 is 15.7. The number of allylic oxidation sites excluding steroid dienone is 1. The summed E-state index contributed by atoms with van der Waals surface area (Å²) in [5.41, 5.74) is 12.9. The lowest BCUT2D eigenvalue weighted by Crippen LogP contribution is -2.08. The van der Waals surface area contributed by atoms with E-state index in [0.29, 0.717) is 23.1 Å². The number of aromatic amines is 1. The number of aryl methyl sites for hydroxylation is 1. The highest BCUT2D eigenvalue weighted by atomic mass is 19.1. The van der Waals surface area contributed by atoms with Crippen molar-refractivity contribution in [3.63, 3.8) is 0 Å². The molecule has 7 nitrogen and oxygen atoms in total. The second-order valence-corrected chi connectivity index (χ2v) is 8.32. The quantitative estimate of drug-likeness (QED) is 0.388. The number of aromatic nitrogens is 5. The molecule has 0 saturated heterocycles. The molecule has 0 radical (unpaired) electrons. The van der Waals surface area contributed by atoms with Crippen LogP contribution in [0.2, 0.25) is 0 Å². The number of nitrogens with zero attached hydrogens (tertiary/aromatic N) is 4. The van der Waals surface area contributed by atoms with E-state index in [4.69, 9.17) is 5.73 Å². The number of halogens is 1. The summed E-state index contributed by atoms with van der Waals surface area (Å²) in [5.74, 6) is 0.541. The Kier molecular flexibility index (Phi) is 4.41. The maximum atomic E-state index is 14.2. The average molecular weight is 450 g/mol. The number of fused-ring (bicyclic) bond motifs is 2. The fourth-order valence-corrected chi connectivity index (χ4v) is 4.43. The molecule has 6 rings (SSSR count). The van der Waals surface area contributed by atoms with Gasteiger partial charge in [0, 0.05) is 23.8 Å². The van der Waals surface area contributed by atoms with Crippen molar-refractivity contribution in [2.24, 2.45) is 0 Å². The van der Waals surface area contributed by atoms with Gasteiger partial charge in [-0.2, -0.15) is 5.10 Å². The molecule has 0 atom stereocenters. The number of nitrogen functional groups attached to an aromatic ring is 1. The van der Waals surface area contributed by atoms with Crippen LogP contribution in [0.5, 0.6) is 0 Å². The predicted molar refractivity (Wildman–Crippen MR) is 128 cm³/mol. The van der Waals surface area contributed by atoms with Gasteiger partial charge in [0.05, 0.1) is 34.7 Å². The predicted octanol–water partition coefficient (Wildman–Crippen LogP) is 4.66. The Morgan fingerprint density at radius 2 is 2.03 bits per heavy atom. The second kappa shape index (κ2) is 7.48. The minimum absolute atomic E-state index is 0.171. The Hall–Kier alpha value is -4.59. The van der Waals surface area contributed by atoms with Gasteiger partial charge in [0.1, 0.15) is 17.5 Å². The lowest BCUT2D eigenvalue weighted by atomic mass is 9.99. The second-order valence-electron chi connectivity index (χ2n) is 8.32. The number of hydrogen-bond donors (Lipinski definition) is 2. The van der Waals surface area contributed by atoms with Crippen molar-refractivity contribution < 1.29 is 9.18 Å². The van der Waals surface area contributed by atoms with E-state index in [2.05, 4.69) is 20.1 Å². The van der Waals surface area contributed by atoms with Crippen LogP contribution in [0.3, 0.4) is 0 Å². The van der Waals surface area contributed by atoms with E-state index < -0.39 is 0 Å². The third-order valence-corrected chi connectivity index (χ3v) is 6.11. The summed E-state index contributed by atoms with van der Waals surface area (Å²) in [6, 6.07) is 13.0. The summed E-state index contributed by atoms with van der Waals surface area (Å²) in [6.07, 6.45) is 6.56. The van der Waals surface area contributed by atoms with Gasteiger partial charge in [0.15, 0.2) is 5.78 Å². The van der Waals surface area contributed by atoms with Gasteiger partial charge in [0.2, 0.25) is 0 Å². The van der Waals surface area contributed by atoms with E-state index in [0.717, 1.165) is 39.2 Å². The van der Waals surface area contributed by atoms with Crippen LogP contribution >= 0.6 is 0 Å². The Balaban J connectivity index is 1.29. The molecule has 5 aromatic rings. The first-order valence-corrected chi connectivity index (χ1v) is 10.8. The minimum atomic E-state index is -0.381. The van der Waals surface area contributed by atoms with Gasteiger partial charge in [-0.15, -0.1) is 0 Å². The van der Waals surface area contributed by atoms with E-state index in [1.54, 1.807) is 16.9 Å². The van der Waals surface area contributed by atoms with Crippen molar-refractivity contribution in [1.29, 1.82) is 0 Å². The molecule has 1 aliphatic carbocycles. The number of H-pyrrole nitrogens is 1. The van der Waals surface area contributed by atoms with Crippen LogP contribution in [-0.4, -0.2) is 30.5 Å². The molecule has 0 bridgehead atoms. The molecule has 0 amide bonds. The third-order valence-electron chi connectivity index (χ3n) is 6.11. The van der Waals surface area contributed by atoms with Crippen molar-refractivity contribution in [1.82, 2.24) is 24.7 Å². The number of benzene rings is 2. The molecule has 0 aliphatic heterocycles. The molecular weight excluding hydrogens is 431 g/mol. The number of nitrogens with one attached hydrogen (secondary N) is 1. The lowest BCUT2D eigenvalue weighted by molar-refractivity contribution is 0.103. The lowest BCUT2D eigenvalue weighted by Gasteiger charge is -2.07. The van der Waals surface area contributed by atoms with Crippen molar-refractivity contribution >= 4 is 28.7 Å². The van der Waals surface area contributed by atoms with Gasteiger partial charge >= 0.3 is 0 Å². The third kappa shape index (κ3) is 3.19. The molecular formula is C26H19FN6O. The maximum Gasteiger partial charge on any atom is 0.194 e. The maximum absolute atomic E-state index is 14.2. The Labute approximate surface area is 193 Å². The van der Waals surface area contributed by atoms with Crippen LogP contribution in [0, 0.1) is 12.7 Å². The Morgan fingerprint density at radius 1 is 1.15 bits per heavy atom. The number of ketones is 1. The van der Waals surface area contributed by atoms with Crippen LogP contribution in [-0.2, 0) is 6.42 Å². The molecule has 0 fully saturated rings. The molecule has 3 aromatic heterocycles. The van der Waals surface area contributed by atoms with Crippen molar-refractivity contribution in [2.75, 3.05) is 5.73 Å². The molecule has 2 aromatic carbocycles. The molecule has 0 saturated carbocycles. The van der Waals surface area contributed by atoms with Gasteiger partial charge < -0.3 is 10.7 Å². The van der Waals surface area contributed by atoms with E-state index >= 15 is 0 Å². The first-order chi connectivity index (χ1) is 16.5. The zero-order valence-electron chi connectivity index (χ0n) is 18.2. The number of carbonyl (C=O) groups excluding carboxylic acids is 1.